The second-order valence-electron chi connectivity index (χ2n) is 5.21. The molecule has 0 atom stereocenters. The highest BCUT2D eigenvalue weighted by Crippen LogP contribution is 2.19. The summed E-state index contributed by atoms with van der Waals surface area (Å²) in [6.07, 6.45) is 0.597. The molecule has 4 amide bonds. The van der Waals surface area contributed by atoms with E-state index >= 15 is 0 Å². The van der Waals surface area contributed by atoms with Gasteiger partial charge >= 0.3 is 6.03 Å². The third-order valence-corrected chi connectivity index (χ3v) is 3.13. The molecular weight excluding hydrogens is 341 g/mol. The number of nitrogens with zero attached hydrogens (tertiary/aromatic N) is 1. The van der Waals surface area contributed by atoms with Gasteiger partial charge in [-0.25, -0.2) is 18.0 Å². The first-order valence-corrected chi connectivity index (χ1v) is 7.49. The summed E-state index contributed by atoms with van der Waals surface area (Å²) in [5, 5.41) is 4.05. The van der Waals surface area contributed by atoms with Gasteiger partial charge in [-0.15, -0.1) is 0 Å². The maximum Gasteiger partial charge on any atom is 0.318 e. The number of hydrogen-bond donors (Lipinski definition) is 3. The number of nitrogens with two attached hydrogens (primary N) is 1. The molecule has 0 saturated carbocycles. The molecule has 0 fully saturated rings. The number of hydrogen-bond acceptors (Lipinski definition) is 4. The third-order valence-electron chi connectivity index (χ3n) is 3.13. The lowest BCUT2D eigenvalue weighted by Gasteiger charge is -2.20. The maximum atomic E-state index is 13.5. The van der Waals surface area contributed by atoms with Gasteiger partial charge in [0.15, 0.2) is 17.5 Å². The molecule has 0 aromatic heterocycles. The zero-order chi connectivity index (χ0) is 19.0. The summed E-state index contributed by atoms with van der Waals surface area (Å²) in [5.41, 5.74) is 4.34. The molecule has 0 radical (unpaired) electrons. The van der Waals surface area contributed by atoms with Gasteiger partial charge in [0.05, 0.1) is 12.2 Å². The topological polar surface area (TPSA) is 105 Å². The average Bonchev–Trinajstić information content (AvgIpc) is 2.53. The molecule has 0 heterocycles. The molecule has 138 valence electrons. The van der Waals surface area contributed by atoms with Crippen molar-refractivity contribution >= 4 is 23.5 Å². The van der Waals surface area contributed by atoms with Crippen LogP contribution in [0.25, 0.3) is 0 Å². The minimum Gasteiger partial charge on any atom is -0.351 e. The Bertz CT molecular complexity index is 655. The Kier molecular flexibility index (Phi) is 7.86. The number of imide groups is 1. The molecule has 0 aliphatic carbocycles. The first-order valence-electron chi connectivity index (χ1n) is 7.49. The Morgan fingerprint density at radius 1 is 1.08 bits per heavy atom. The van der Waals surface area contributed by atoms with Gasteiger partial charge in [-0.3, -0.25) is 19.8 Å². The van der Waals surface area contributed by atoms with Gasteiger partial charge in [-0.05, 0) is 25.1 Å². The molecule has 1 aromatic rings. The molecule has 0 aliphatic rings. The van der Waals surface area contributed by atoms with Crippen molar-refractivity contribution in [3.63, 3.8) is 0 Å². The van der Waals surface area contributed by atoms with Crippen molar-refractivity contribution in [2.24, 2.45) is 5.73 Å². The smallest absolute Gasteiger partial charge is 0.318 e. The van der Waals surface area contributed by atoms with Gasteiger partial charge in [0, 0.05) is 13.0 Å². The van der Waals surface area contributed by atoms with Crippen LogP contribution >= 0.6 is 0 Å². The molecule has 0 unspecified atom stereocenters. The molecule has 1 rings (SSSR count). The minimum absolute atomic E-state index is 0.0737. The highest BCUT2D eigenvalue weighted by Gasteiger charge is 2.17. The number of rotatable bonds is 8. The minimum atomic E-state index is -1.67. The predicted molar refractivity (Wildman–Crippen MR) is 84.0 cm³/mol. The van der Waals surface area contributed by atoms with Gasteiger partial charge in [0.2, 0.25) is 11.8 Å². The van der Waals surface area contributed by atoms with E-state index in [4.69, 9.17) is 5.73 Å². The van der Waals surface area contributed by atoms with Crippen molar-refractivity contribution in [3.05, 3.63) is 29.6 Å². The Morgan fingerprint density at radius 3 is 2.36 bits per heavy atom. The monoisotopic (exact) mass is 360 g/mol. The average molecular weight is 360 g/mol. The number of nitrogens with one attached hydrogen (secondary N) is 2. The Balaban J connectivity index is 2.63. The van der Waals surface area contributed by atoms with Gasteiger partial charge in [0.25, 0.3) is 0 Å². The lowest BCUT2D eigenvalue weighted by atomic mass is 10.2. The fraction of sp³-hybridized carbons (Fsp3) is 0.400. The van der Waals surface area contributed by atoms with Crippen LogP contribution in [0, 0.1) is 17.5 Å². The van der Waals surface area contributed by atoms with Crippen LogP contribution in [0.4, 0.5) is 23.7 Å². The number of anilines is 1. The van der Waals surface area contributed by atoms with E-state index in [2.05, 4.69) is 5.32 Å². The zero-order valence-electron chi connectivity index (χ0n) is 13.6. The van der Waals surface area contributed by atoms with Crippen LogP contribution in [0.15, 0.2) is 12.1 Å². The van der Waals surface area contributed by atoms with E-state index in [1.54, 1.807) is 4.90 Å². The van der Waals surface area contributed by atoms with Crippen LogP contribution in [-0.4, -0.2) is 42.4 Å². The molecule has 4 N–H and O–H groups in total. The number of benzene rings is 1. The van der Waals surface area contributed by atoms with Crippen molar-refractivity contribution in [2.45, 2.75) is 19.8 Å². The van der Waals surface area contributed by atoms with E-state index in [1.165, 1.54) is 0 Å². The van der Waals surface area contributed by atoms with E-state index in [0.29, 0.717) is 19.0 Å². The molecule has 25 heavy (non-hydrogen) atoms. The Morgan fingerprint density at radius 2 is 1.76 bits per heavy atom. The lowest BCUT2D eigenvalue weighted by Crippen LogP contribution is -2.39. The highest BCUT2D eigenvalue weighted by atomic mass is 19.2. The molecule has 0 saturated heterocycles. The number of primary amides is 1. The van der Waals surface area contributed by atoms with E-state index in [1.807, 2.05) is 12.2 Å². The lowest BCUT2D eigenvalue weighted by molar-refractivity contribution is -0.121. The standard InChI is InChI=1S/C15H19F3N4O3/c1-2-6-22(7-5-11(23)21-15(19)25)8-12(24)20-10-4-3-9(16)13(17)14(10)18/h3-4H,2,5-8H2,1H3,(H,20,24)(H3,19,21,23,25). The molecule has 7 nitrogen and oxygen atoms in total. The number of urea groups is 1. The molecule has 1 aromatic carbocycles. The van der Waals surface area contributed by atoms with Gasteiger partial charge in [-0.1, -0.05) is 6.92 Å². The molecular formula is C15H19F3N4O3. The van der Waals surface area contributed by atoms with Crippen LogP contribution in [0.1, 0.15) is 19.8 Å². The zero-order valence-corrected chi connectivity index (χ0v) is 13.6. The largest absolute Gasteiger partial charge is 0.351 e. The highest BCUT2D eigenvalue weighted by molar-refractivity contribution is 5.94. The first-order chi connectivity index (χ1) is 11.7. The van der Waals surface area contributed by atoms with Crippen LogP contribution in [0.5, 0.6) is 0 Å². The van der Waals surface area contributed by atoms with Gasteiger partial charge in [-0.2, -0.15) is 0 Å². The van der Waals surface area contributed by atoms with E-state index in [-0.39, 0.29) is 19.5 Å². The van der Waals surface area contributed by atoms with Crippen molar-refractivity contribution in [1.82, 2.24) is 10.2 Å². The van der Waals surface area contributed by atoms with Gasteiger partial charge in [0.1, 0.15) is 0 Å². The molecule has 0 spiro atoms. The van der Waals surface area contributed by atoms with Crippen LogP contribution in [0.3, 0.4) is 0 Å². The summed E-state index contributed by atoms with van der Waals surface area (Å²) < 4.78 is 39.6. The maximum absolute atomic E-state index is 13.5. The van der Waals surface area contributed by atoms with E-state index in [0.717, 1.165) is 6.07 Å². The fourth-order valence-electron chi connectivity index (χ4n) is 2.06. The van der Waals surface area contributed by atoms with Crippen molar-refractivity contribution in [3.8, 4) is 0 Å². The number of carbonyl (C=O) groups is 3. The molecule has 0 aliphatic heterocycles. The fourth-order valence-corrected chi connectivity index (χ4v) is 2.06. The van der Waals surface area contributed by atoms with Crippen LogP contribution < -0.4 is 16.4 Å². The van der Waals surface area contributed by atoms with E-state index < -0.39 is 41.0 Å². The molecule has 10 heteroatoms. The predicted octanol–water partition coefficient (Wildman–Crippen LogP) is 1.34. The Hall–Kier alpha value is -2.62. The number of carbonyl (C=O) groups excluding carboxylic acids is 3. The Labute approximate surface area is 142 Å². The summed E-state index contributed by atoms with van der Waals surface area (Å²) in [7, 11) is 0. The SMILES string of the molecule is CCCN(CCC(=O)NC(N)=O)CC(=O)Nc1ccc(F)c(F)c1F. The summed E-state index contributed by atoms with van der Waals surface area (Å²) in [5.74, 6) is -5.78. The summed E-state index contributed by atoms with van der Waals surface area (Å²) in [4.78, 5) is 35.5. The number of amides is 4. The molecule has 0 bridgehead atoms. The van der Waals surface area contributed by atoms with E-state index in [9.17, 15) is 27.6 Å². The van der Waals surface area contributed by atoms with Crippen molar-refractivity contribution < 1.29 is 27.6 Å². The first kappa shape index (κ1) is 20.4. The van der Waals surface area contributed by atoms with Crippen LogP contribution in [0.2, 0.25) is 0 Å². The second-order valence-corrected chi connectivity index (χ2v) is 5.21. The normalized spacial score (nSPS) is 10.6. The third kappa shape index (κ3) is 6.79. The quantitative estimate of drug-likeness (QED) is 0.609. The van der Waals surface area contributed by atoms with Crippen molar-refractivity contribution in [1.29, 1.82) is 0 Å². The van der Waals surface area contributed by atoms with Gasteiger partial charge < -0.3 is 11.1 Å². The summed E-state index contributed by atoms with van der Waals surface area (Å²) in [6, 6.07) is 0.640. The summed E-state index contributed by atoms with van der Waals surface area (Å²) in [6.45, 7) is 2.26. The second kappa shape index (κ2) is 9.62. The summed E-state index contributed by atoms with van der Waals surface area (Å²) >= 11 is 0. The van der Waals surface area contributed by atoms with Crippen molar-refractivity contribution in [2.75, 3.05) is 25.0 Å². The number of halogens is 3. The van der Waals surface area contributed by atoms with Crippen LogP contribution in [-0.2, 0) is 9.59 Å².